The van der Waals surface area contributed by atoms with Crippen molar-refractivity contribution in [2.45, 2.75) is 24.7 Å². The molecule has 0 radical (unpaired) electrons. The van der Waals surface area contributed by atoms with Gasteiger partial charge in [0.15, 0.2) is 0 Å². The Morgan fingerprint density at radius 2 is 1.00 bits per heavy atom. The third-order valence-corrected chi connectivity index (χ3v) is 4.96. The van der Waals surface area contributed by atoms with E-state index >= 15 is 0 Å². The topological polar surface area (TPSA) is 0 Å². The number of allylic oxidation sites excluding steroid dienone is 4. The van der Waals surface area contributed by atoms with Gasteiger partial charge in [0.25, 0.3) is 0 Å². The molecule has 4 unspecified atom stereocenters. The lowest BCUT2D eigenvalue weighted by Gasteiger charge is -1.96. The molecule has 2 saturated carbocycles. The van der Waals surface area contributed by atoms with Crippen LogP contribution in [-0.2, 0) is 0 Å². The van der Waals surface area contributed by atoms with E-state index in [9.17, 15) is 0 Å². The molecule has 0 amide bonds. The van der Waals surface area contributed by atoms with Gasteiger partial charge in [-0.05, 0) is 47.6 Å². The van der Waals surface area contributed by atoms with Gasteiger partial charge in [-0.15, -0.1) is 0 Å². The molecule has 2 aliphatic carbocycles. The Balaban J connectivity index is 1.26. The SMILES string of the molecule is C(/C=C/C1CC1c1ccccc1)=C\C1CC1c1ccccc1. The Morgan fingerprint density at radius 3 is 1.41 bits per heavy atom. The maximum absolute atomic E-state index is 2.38. The summed E-state index contributed by atoms with van der Waals surface area (Å²) in [7, 11) is 0. The van der Waals surface area contributed by atoms with E-state index in [2.05, 4.69) is 85.0 Å². The molecule has 0 aliphatic heterocycles. The quantitative estimate of drug-likeness (QED) is 0.618. The van der Waals surface area contributed by atoms with Gasteiger partial charge in [-0.3, -0.25) is 0 Å². The molecule has 4 rings (SSSR count). The van der Waals surface area contributed by atoms with Crippen molar-refractivity contribution < 1.29 is 0 Å². The van der Waals surface area contributed by atoms with Crippen LogP contribution in [0.5, 0.6) is 0 Å². The van der Waals surface area contributed by atoms with E-state index in [-0.39, 0.29) is 0 Å². The first-order chi connectivity index (χ1) is 10.9. The van der Waals surface area contributed by atoms with Gasteiger partial charge in [0, 0.05) is 0 Å². The summed E-state index contributed by atoms with van der Waals surface area (Å²) in [6, 6.07) is 21.8. The molecule has 2 aromatic carbocycles. The average molecular weight is 286 g/mol. The number of benzene rings is 2. The van der Waals surface area contributed by atoms with Crippen LogP contribution in [-0.4, -0.2) is 0 Å². The van der Waals surface area contributed by atoms with Gasteiger partial charge in [0.1, 0.15) is 0 Å². The molecule has 2 aromatic rings. The Kier molecular flexibility index (Phi) is 3.68. The lowest BCUT2D eigenvalue weighted by Crippen LogP contribution is -1.80. The van der Waals surface area contributed by atoms with Crippen LogP contribution in [0, 0.1) is 11.8 Å². The van der Waals surface area contributed by atoms with Crippen molar-refractivity contribution in [1.29, 1.82) is 0 Å². The van der Waals surface area contributed by atoms with Crippen molar-refractivity contribution in [3.05, 3.63) is 96.1 Å². The summed E-state index contributed by atoms with van der Waals surface area (Å²) in [5.41, 5.74) is 2.99. The van der Waals surface area contributed by atoms with Crippen LogP contribution in [0.25, 0.3) is 0 Å². The zero-order valence-electron chi connectivity index (χ0n) is 12.8. The predicted molar refractivity (Wildman–Crippen MR) is 92.9 cm³/mol. The molecule has 2 fully saturated rings. The fraction of sp³-hybridized carbons (Fsp3) is 0.273. The number of rotatable bonds is 5. The first kappa shape index (κ1) is 13.6. The molecule has 0 saturated heterocycles. The maximum Gasteiger partial charge on any atom is -0.00929 e. The third-order valence-electron chi connectivity index (χ3n) is 4.96. The van der Waals surface area contributed by atoms with Gasteiger partial charge in [-0.25, -0.2) is 0 Å². The summed E-state index contributed by atoms with van der Waals surface area (Å²) in [5, 5.41) is 0. The summed E-state index contributed by atoms with van der Waals surface area (Å²) in [4.78, 5) is 0. The van der Waals surface area contributed by atoms with Crippen LogP contribution in [0.4, 0.5) is 0 Å². The van der Waals surface area contributed by atoms with Gasteiger partial charge in [0.2, 0.25) is 0 Å². The average Bonchev–Trinajstić information content (AvgIpc) is 3.48. The molecule has 110 valence electrons. The van der Waals surface area contributed by atoms with Crippen LogP contribution >= 0.6 is 0 Å². The summed E-state index contributed by atoms with van der Waals surface area (Å²) in [5.74, 6) is 3.00. The molecule has 0 N–H and O–H groups in total. The molecule has 0 nitrogen and oxygen atoms in total. The molecule has 4 atom stereocenters. The number of hydrogen-bond donors (Lipinski definition) is 0. The highest BCUT2D eigenvalue weighted by molar-refractivity contribution is 5.31. The van der Waals surface area contributed by atoms with Gasteiger partial charge in [0.05, 0.1) is 0 Å². The third kappa shape index (κ3) is 3.06. The maximum atomic E-state index is 2.38. The van der Waals surface area contributed by atoms with E-state index in [0.717, 1.165) is 23.7 Å². The minimum atomic E-state index is 0.746. The van der Waals surface area contributed by atoms with Crippen molar-refractivity contribution in [3.63, 3.8) is 0 Å². The molecule has 2 aliphatic rings. The van der Waals surface area contributed by atoms with E-state index < -0.39 is 0 Å². The van der Waals surface area contributed by atoms with Gasteiger partial charge in [-0.2, -0.15) is 0 Å². The van der Waals surface area contributed by atoms with E-state index in [1.54, 1.807) is 0 Å². The van der Waals surface area contributed by atoms with E-state index in [1.165, 1.54) is 24.0 Å². The van der Waals surface area contributed by atoms with Crippen LogP contribution < -0.4 is 0 Å². The predicted octanol–water partition coefficient (Wildman–Crippen LogP) is 5.71. The molecule has 0 aromatic heterocycles. The molecule has 0 heterocycles. The lowest BCUT2D eigenvalue weighted by molar-refractivity contribution is 1.00. The van der Waals surface area contributed by atoms with Crippen molar-refractivity contribution in [3.8, 4) is 0 Å². The monoisotopic (exact) mass is 286 g/mol. The zero-order chi connectivity index (χ0) is 14.8. The van der Waals surface area contributed by atoms with E-state index in [1.807, 2.05) is 0 Å². The molecule has 22 heavy (non-hydrogen) atoms. The lowest BCUT2D eigenvalue weighted by atomic mass is 10.1. The summed E-state index contributed by atoms with van der Waals surface area (Å²) in [6.07, 6.45) is 11.9. The Labute approximate surface area is 133 Å². The van der Waals surface area contributed by atoms with Crippen LogP contribution in [0.15, 0.2) is 85.0 Å². The normalized spacial score (nSPS) is 30.0. The molecule has 0 heteroatoms. The van der Waals surface area contributed by atoms with Gasteiger partial charge >= 0.3 is 0 Å². The minimum Gasteiger partial charge on any atom is -0.0808 e. The highest BCUT2D eigenvalue weighted by atomic mass is 14.4. The van der Waals surface area contributed by atoms with Crippen molar-refractivity contribution >= 4 is 0 Å². The summed E-state index contributed by atoms with van der Waals surface area (Å²) < 4.78 is 0. The summed E-state index contributed by atoms with van der Waals surface area (Å²) >= 11 is 0. The minimum absolute atomic E-state index is 0.746. The Hall–Kier alpha value is -2.08. The molecular formula is C22H22. The second kappa shape index (κ2) is 5.96. The Morgan fingerprint density at radius 1 is 0.591 bits per heavy atom. The molecular weight excluding hydrogens is 264 g/mol. The Bertz CT molecular complexity index is 604. The fourth-order valence-electron chi connectivity index (χ4n) is 3.44. The van der Waals surface area contributed by atoms with Crippen molar-refractivity contribution in [2.24, 2.45) is 11.8 Å². The van der Waals surface area contributed by atoms with Crippen LogP contribution in [0.1, 0.15) is 35.8 Å². The molecule has 0 spiro atoms. The van der Waals surface area contributed by atoms with Crippen molar-refractivity contribution in [1.82, 2.24) is 0 Å². The second-order valence-electron chi connectivity index (χ2n) is 6.60. The summed E-state index contributed by atoms with van der Waals surface area (Å²) in [6.45, 7) is 0. The van der Waals surface area contributed by atoms with E-state index in [0.29, 0.717) is 0 Å². The van der Waals surface area contributed by atoms with E-state index in [4.69, 9.17) is 0 Å². The zero-order valence-corrected chi connectivity index (χ0v) is 12.8. The van der Waals surface area contributed by atoms with Crippen LogP contribution in [0.2, 0.25) is 0 Å². The van der Waals surface area contributed by atoms with Gasteiger partial charge in [-0.1, -0.05) is 85.0 Å². The largest absolute Gasteiger partial charge is 0.0808 e. The first-order valence-electron chi connectivity index (χ1n) is 8.37. The second-order valence-corrected chi connectivity index (χ2v) is 6.60. The van der Waals surface area contributed by atoms with Gasteiger partial charge < -0.3 is 0 Å². The van der Waals surface area contributed by atoms with Crippen molar-refractivity contribution in [2.75, 3.05) is 0 Å². The smallest absolute Gasteiger partial charge is 0.00929 e. The fourth-order valence-corrected chi connectivity index (χ4v) is 3.44. The van der Waals surface area contributed by atoms with Crippen LogP contribution in [0.3, 0.4) is 0 Å². The first-order valence-corrected chi connectivity index (χ1v) is 8.37. The highest BCUT2D eigenvalue weighted by Gasteiger charge is 2.36. The molecule has 0 bridgehead atoms. The highest BCUT2D eigenvalue weighted by Crippen LogP contribution is 2.49. The standard InChI is InChI=1S/C22H22/c1-3-9-17(10-4-1)21-15-19(21)13-7-8-14-20-16-22(20)18-11-5-2-6-12-18/h1-14,19-22H,15-16H2/b13-7+,14-8+. The number of hydrogen-bond acceptors (Lipinski definition) is 0.